The number of nitrogens with two attached hydrogens (primary N) is 2. The van der Waals surface area contributed by atoms with Crippen LogP contribution in [0.4, 0.5) is 5.69 Å². The minimum Gasteiger partial charge on any atom is -0.399 e. The average molecular weight is 687 g/mol. The zero-order chi connectivity index (χ0) is 36.8. The summed E-state index contributed by atoms with van der Waals surface area (Å²) in [7, 11) is 3.25. The minimum atomic E-state index is -0.992. The first-order valence-electron chi connectivity index (χ1n) is 16.2. The van der Waals surface area contributed by atoms with Crippen molar-refractivity contribution in [2.75, 3.05) is 52.7 Å². The van der Waals surface area contributed by atoms with Gasteiger partial charge in [0.2, 0.25) is 29.5 Å². The van der Waals surface area contributed by atoms with Crippen LogP contribution in [0, 0.1) is 5.41 Å². The standard InChI is InChI=1S/C32H50N10O7/c1-17(35-6)27(45)37-14-24(43)42-15-22(13-23(42)26(34)44)38-29(47)19-10-20(12-21(33)11-19)30(48)40-8-9-41(16-40)31(49)25(32(3,4)5)39-28(46)18(2)36-7/h10-12,17-18,22-23,25,35-36H,8-9,13-16,33H2,1-7H3,(H2,34,44)(H,37,45)(H,38,47)(H,39,46)/t17?,18-,22?,23?,25?/m0/s1. The van der Waals surface area contributed by atoms with E-state index in [9.17, 15) is 33.6 Å². The van der Waals surface area contributed by atoms with Gasteiger partial charge in [-0.15, -0.1) is 0 Å². The van der Waals surface area contributed by atoms with Gasteiger partial charge in [0.05, 0.1) is 25.3 Å². The zero-order valence-corrected chi connectivity index (χ0v) is 29.2. The van der Waals surface area contributed by atoms with E-state index in [0.29, 0.717) is 0 Å². The maximum absolute atomic E-state index is 13.6. The van der Waals surface area contributed by atoms with E-state index < -0.39 is 65.2 Å². The third kappa shape index (κ3) is 9.66. The molecule has 0 aliphatic carbocycles. The number of carbonyl (C=O) groups excluding carboxylic acids is 7. The van der Waals surface area contributed by atoms with E-state index in [-0.39, 0.29) is 67.9 Å². The van der Waals surface area contributed by atoms with E-state index in [1.165, 1.54) is 32.9 Å². The number of nitrogens with zero attached hydrogens (tertiary/aromatic N) is 3. The molecular formula is C32H50N10O7. The second kappa shape index (κ2) is 16.1. The quantitative estimate of drug-likeness (QED) is 0.115. The Labute approximate surface area is 286 Å². The van der Waals surface area contributed by atoms with E-state index in [1.807, 2.05) is 20.8 Å². The van der Waals surface area contributed by atoms with E-state index in [0.717, 1.165) is 0 Å². The van der Waals surface area contributed by atoms with Crippen LogP contribution in [0.5, 0.6) is 0 Å². The highest BCUT2D eigenvalue weighted by atomic mass is 16.2. The molecule has 17 nitrogen and oxygen atoms in total. The van der Waals surface area contributed by atoms with Crippen molar-refractivity contribution >= 4 is 47.0 Å². The highest BCUT2D eigenvalue weighted by molar-refractivity contribution is 6.01. The van der Waals surface area contributed by atoms with Gasteiger partial charge in [-0.3, -0.25) is 33.6 Å². The summed E-state index contributed by atoms with van der Waals surface area (Å²) in [5.41, 5.74) is 11.4. The van der Waals surface area contributed by atoms with Crippen LogP contribution in [0.15, 0.2) is 18.2 Å². The fraction of sp³-hybridized carbons (Fsp3) is 0.594. The molecule has 49 heavy (non-hydrogen) atoms. The smallest absolute Gasteiger partial charge is 0.255 e. The Kier molecular flexibility index (Phi) is 12.7. The predicted molar refractivity (Wildman–Crippen MR) is 180 cm³/mol. The van der Waals surface area contributed by atoms with Crippen molar-refractivity contribution < 1.29 is 33.6 Å². The average Bonchev–Trinajstić information content (AvgIpc) is 3.72. The van der Waals surface area contributed by atoms with E-state index in [2.05, 4.69) is 26.6 Å². The number of nitrogens with one attached hydrogen (secondary N) is 5. The summed E-state index contributed by atoms with van der Waals surface area (Å²) < 4.78 is 0. The first kappa shape index (κ1) is 38.7. The fourth-order valence-corrected chi connectivity index (χ4v) is 5.56. The molecule has 3 rings (SSSR count). The van der Waals surface area contributed by atoms with E-state index in [1.54, 1.807) is 27.9 Å². The van der Waals surface area contributed by atoms with Crippen LogP contribution in [0.1, 0.15) is 61.8 Å². The molecule has 0 saturated carbocycles. The highest BCUT2D eigenvalue weighted by Crippen LogP contribution is 2.24. The molecule has 2 fully saturated rings. The molecule has 4 unspecified atom stereocenters. The van der Waals surface area contributed by atoms with Crippen molar-refractivity contribution in [2.24, 2.45) is 11.1 Å². The molecular weight excluding hydrogens is 636 g/mol. The van der Waals surface area contributed by atoms with Crippen molar-refractivity contribution in [2.45, 2.75) is 71.2 Å². The Balaban J connectivity index is 1.68. The molecule has 2 aliphatic heterocycles. The number of primary amides is 1. The van der Waals surface area contributed by atoms with Crippen molar-refractivity contribution in [3.05, 3.63) is 29.3 Å². The SMILES string of the molecule is CNC(C)C(=O)NCC(=O)N1CC(NC(=O)c2cc(N)cc(C(=O)N3CCN(C(=O)C(NC(=O)[C@H](C)NC)C(C)(C)C)C3)c2)CC1C(N)=O. The lowest BCUT2D eigenvalue weighted by Crippen LogP contribution is -2.57. The van der Waals surface area contributed by atoms with Gasteiger partial charge in [-0.1, -0.05) is 20.8 Å². The van der Waals surface area contributed by atoms with Gasteiger partial charge < -0.3 is 52.8 Å². The molecule has 2 aliphatic rings. The molecule has 0 aromatic heterocycles. The molecule has 2 heterocycles. The first-order chi connectivity index (χ1) is 22.9. The molecule has 2 saturated heterocycles. The number of carbonyl (C=O) groups is 7. The summed E-state index contributed by atoms with van der Waals surface area (Å²) in [6.45, 7) is 8.94. The number of hydrogen-bond acceptors (Lipinski definition) is 10. The summed E-state index contributed by atoms with van der Waals surface area (Å²) in [6.07, 6.45) is 0.0588. The monoisotopic (exact) mass is 686 g/mol. The Morgan fingerprint density at radius 1 is 0.898 bits per heavy atom. The number of nitrogen functional groups attached to an aromatic ring is 1. The maximum atomic E-state index is 13.6. The normalized spacial score (nSPS) is 19.5. The van der Waals surface area contributed by atoms with Crippen molar-refractivity contribution in [1.29, 1.82) is 0 Å². The Hall–Kier alpha value is -4.77. The summed E-state index contributed by atoms with van der Waals surface area (Å²) in [5.74, 6) is -3.35. The predicted octanol–water partition coefficient (Wildman–Crippen LogP) is -2.44. The molecule has 1 aromatic rings. The van der Waals surface area contributed by atoms with E-state index >= 15 is 0 Å². The lowest BCUT2D eigenvalue weighted by Gasteiger charge is -2.34. The van der Waals surface area contributed by atoms with Gasteiger partial charge in [0.1, 0.15) is 12.1 Å². The molecule has 0 bridgehead atoms. The molecule has 1 aromatic carbocycles. The number of rotatable bonds is 12. The topological polar surface area (TPSA) is 241 Å². The largest absolute Gasteiger partial charge is 0.399 e. The first-order valence-corrected chi connectivity index (χ1v) is 16.2. The molecule has 17 heteroatoms. The van der Waals surface area contributed by atoms with Gasteiger partial charge in [0.25, 0.3) is 11.8 Å². The molecule has 9 N–H and O–H groups in total. The lowest BCUT2D eigenvalue weighted by atomic mass is 9.85. The van der Waals surface area contributed by atoms with Crippen LogP contribution >= 0.6 is 0 Å². The number of likely N-dealkylation sites (tertiary alicyclic amines) is 1. The van der Waals surface area contributed by atoms with E-state index in [4.69, 9.17) is 11.5 Å². The van der Waals surface area contributed by atoms with Crippen LogP contribution in [0.2, 0.25) is 0 Å². The Morgan fingerprint density at radius 2 is 1.49 bits per heavy atom. The van der Waals surface area contributed by atoms with Crippen LogP contribution in [0.25, 0.3) is 0 Å². The molecule has 7 amide bonds. The summed E-state index contributed by atoms with van der Waals surface area (Å²) in [6, 6.07) is 0.720. The minimum absolute atomic E-state index is 0.0210. The van der Waals surface area contributed by atoms with Crippen molar-refractivity contribution in [1.82, 2.24) is 41.3 Å². The number of hydrogen-bond donors (Lipinski definition) is 7. The molecule has 5 atom stereocenters. The summed E-state index contributed by atoms with van der Waals surface area (Å²) in [4.78, 5) is 94.3. The number of amides is 7. The van der Waals surface area contributed by atoms with Gasteiger partial charge in [-0.05, 0) is 58.0 Å². The molecule has 0 spiro atoms. The van der Waals surface area contributed by atoms with Crippen LogP contribution in [-0.2, 0) is 24.0 Å². The Bertz CT molecular complexity index is 1460. The van der Waals surface area contributed by atoms with Gasteiger partial charge in [0.15, 0.2) is 0 Å². The van der Waals surface area contributed by atoms with Gasteiger partial charge in [-0.2, -0.15) is 0 Å². The maximum Gasteiger partial charge on any atom is 0.255 e. The number of benzene rings is 1. The van der Waals surface area contributed by atoms with Gasteiger partial charge in [0, 0.05) is 42.5 Å². The molecule has 270 valence electrons. The van der Waals surface area contributed by atoms with Crippen LogP contribution in [0.3, 0.4) is 0 Å². The second-order valence-corrected chi connectivity index (χ2v) is 13.6. The van der Waals surface area contributed by atoms with Crippen LogP contribution in [-0.4, -0.2) is 133 Å². The fourth-order valence-electron chi connectivity index (χ4n) is 5.56. The second-order valence-electron chi connectivity index (χ2n) is 13.6. The number of anilines is 1. The van der Waals surface area contributed by atoms with Crippen LogP contribution < -0.4 is 38.1 Å². The third-order valence-corrected chi connectivity index (χ3v) is 8.80. The third-order valence-electron chi connectivity index (χ3n) is 8.80. The van der Waals surface area contributed by atoms with Gasteiger partial charge >= 0.3 is 0 Å². The highest BCUT2D eigenvalue weighted by Gasteiger charge is 2.41. The lowest BCUT2D eigenvalue weighted by molar-refractivity contribution is -0.139. The van der Waals surface area contributed by atoms with Crippen molar-refractivity contribution in [3.8, 4) is 0 Å². The van der Waals surface area contributed by atoms with Crippen molar-refractivity contribution in [3.63, 3.8) is 0 Å². The number of likely N-dealkylation sites (N-methyl/N-ethyl adjacent to an activating group) is 2. The Morgan fingerprint density at radius 3 is 2.08 bits per heavy atom. The molecule has 0 radical (unpaired) electrons. The zero-order valence-electron chi connectivity index (χ0n) is 29.2. The summed E-state index contributed by atoms with van der Waals surface area (Å²) >= 11 is 0. The van der Waals surface area contributed by atoms with Gasteiger partial charge in [-0.25, -0.2) is 0 Å². The summed E-state index contributed by atoms with van der Waals surface area (Å²) in [5, 5.41) is 13.7.